The third-order valence-corrected chi connectivity index (χ3v) is 3.48. The van der Waals surface area contributed by atoms with Gasteiger partial charge in [0.05, 0.1) is 18.9 Å². The van der Waals surface area contributed by atoms with Crippen LogP contribution in [0.5, 0.6) is 0 Å². The number of furan rings is 1. The standard InChI is InChI=1S/C15H15F2NO2/c16-12-4-3-10(8-13(12)17)15-14(5-7-20-15)18-9-11-2-1-6-19-11/h1-4,6,8,14-15,18H,5,7,9H2/t14-,15+/m1/s1. The van der Waals surface area contributed by atoms with Crippen molar-refractivity contribution in [3.8, 4) is 0 Å². The summed E-state index contributed by atoms with van der Waals surface area (Å²) in [5, 5.41) is 3.33. The quantitative estimate of drug-likeness (QED) is 0.933. The van der Waals surface area contributed by atoms with Gasteiger partial charge in [0.1, 0.15) is 5.76 Å². The molecule has 1 aliphatic heterocycles. The molecule has 20 heavy (non-hydrogen) atoms. The molecule has 1 aromatic heterocycles. The maximum absolute atomic E-state index is 13.3. The molecule has 3 rings (SSSR count). The van der Waals surface area contributed by atoms with Crippen molar-refractivity contribution in [2.24, 2.45) is 0 Å². The zero-order valence-electron chi connectivity index (χ0n) is 10.8. The highest BCUT2D eigenvalue weighted by Crippen LogP contribution is 2.30. The van der Waals surface area contributed by atoms with Crippen molar-refractivity contribution in [3.63, 3.8) is 0 Å². The van der Waals surface area contributed by atoms with E-state index in [2.05, 4.69) is 5.32 Å². The van der Waals surface area contributed by atoms with E-state index in [4.69, 9.17) is 9.15 Å². The minimum absolute atomic E-state index is 0.0601. The van der Waals surface area contributed by atoms with Gasteiger partial charge in [-0.25, -0.2) is 8.78 Å². The van der Waals surface area contributed by atoms with Gasteiger partial charge in [-0.1, -0.05) is 6.07 Å². The average molecular weight is 279 g/mol. The second-order valence-corrected chi connectivity index (χ2v) is 4.82. The van der Waals surface area contributed by atoms with Gasteiger partial charge < -0.3 is 14.5 Å². The number of halogens is 2. The first kappa shape index (κ1) is 13.3. The molecule has 3 nitrogen and oxygen atoms in total. The van der Waals surface area contributed by atoms with E-state index in [1.807, 2.05) is 12.1 Å². The number of rotatable bonds is 4. The first-order valence-electron chi connectivity index (χ1n) is 6.56. The van der Waals surface area contributed by atoms with Crippen LogP contribution in [0.2, 0.25) is 0 Å². The molecule has 2 heterocycles. The van der Waals surface area contributed by atoms with E-state index in [9.17, 15) is 8.78 Å². The zero-order valence-corrected chi connectivity index (χ0v) is 10.8. The zero-order chi connectivity index (χ0) is 13.9. The molecule has 1 aromatic carbocycles. The fraction of sp³-hybridized carbons (Fsp3) is 0.333. The highest BCUT2D eigenvalue weighted by molar-refractivity contribution is 5.22. The summed E-state index contributed by atoms with van der Waals surface area (Å²) in [5.41, 5.74) is 0.651. The molecule has 0 unspecified atom stereocenters. The Labute approximate surface area is 115 Å². The summed E-state index contributed by atoms with van der Waals surface area (Å²) in [6, 6.07) is 7.67. The van der Waals surface area contributed by atoms with Crippen LogP contribution < -0.4 is 5.32 Å². The Hall–Kier alpha value is -1.72. The van der Waals surface area contributed by atoms with Crippen molar-refractivity contribution in [1.82, 2.24) is 5.32 Å². The van der Waals surface area contributed by atoms with Crippen molar-refractivity contribution in [3.05, 3.63) is 59.6 Å². The molecule has 0 spiro atoms. The average Bonchev–Trinajstić information content (AvgIpc) is 3.10. The highest BCUT2D eigenvalue weighted by Gasteiger charge is 2.30. The van der Waals surface area contributed by atoms with Gasteiger partial charge in [-0.2, -0.15) is 0 Å². The number of benzene rings is 1. The lowest BCUT2D eigenvalue weighted by molar-refractivity contribution is 0.0977. The Kier molecular flexibility index (Phi) is 3.80. The lowest BCUT2D eigenvalue weighted by Crippen LogP contribution is -2.31. The van der Waals surface area contributed by atoms with E-state index < -0.39 is 11.6 Å². The number of hydrogen-bond acceptors (Lipinski definition) is 3. The molecule has 1 fully saturated rings. The number of nitrogens with one attached hydrogen (secondary N) is 1. The van der Waals surface area contributed by atoms with Crippen LogP contribution in [-0.4, -0.2) is 12.6 Å². The topological polar surface area (TPSA) is 34.4 Å². The molecule has 0 bridgehead atoms. The number of hydrogen-bond donors (Lipinski definition) is 1. The molecule has 0 amide bonds. The Bertz CT molecular complexity index is 571. The van der Waals surface area contributed by atoms with Gasteiger partial charge in [0.25, 0.3) is 0 Å². The van der Waals surface area contributed by atoms with Crippen LogP contribution in [0.3, 0.4) is 0 Å². The molecule has 1 aliphatic rings. The number of ether oxygens (including phenoxy) is 1. The molecule has 106 valence electrons. The van der Waals surface area contributed by atoms with Crippen LogP contribution in [0.25, 0.3) is 0 Å². The molecule has 5 heteroatoms. The van der Waals surface area contributed by atoms with Gasteiger partial charge in [-0.05, 0) is 36.2 Å². The smallest absolute Gasteiger partial charge is 0.159 e. The molecule has 0 aliphatic carbocycles. The maximum atomic E-state index is 13.3. The van der Waals surface area contributed by atoms with Gasteiger partial charge >= 0.3 is 0 Å². The summed E-state index contributed by atoms with van der Waals surface area (Å²) in [6.45, 7) is 1.18. The Morgan fingerprint density at radius 1 is 1.20 bits per heavy atom. The fourth-order valence-electron chi connectivity index (χ4n) is 2.46. The van der Waals surface area contributed by atoms with E-state index in [-0.39, 0.29) is 12.1 Å². The van der Waals surface area contributed by atoms with E-state index in [0.29, 0.717) is 18.7 Å². The molecule has 2 atom stereocenters. The van der Waals surface area contributed by atoms with Crippen LogP contribution in [0.4, 0.5) is 8.78 Å². The van der Waals surface area contributed by atoms with Crippen LogP contribution >= 0.6 is 0 Å². The van der Waals surface area contributed by atoms with E-state index >= 15 is 0 Å². The molecule has 0 saturated carbocycles. The van der Waals surface area contributed by atoms with Crippen LogP contribution in [0.1, 0.15) is 23.8 Å². The Balaban J connectivity index is 1.69. The first-order valence-corrected chi connectivity index (χ1v) is 6.56. The molecule has 1 saturated heterocycles. The summed E-state index contributed by atoms with van der Waals surface area (Å²) in [6.07, 6.45) is 2.18. The summed E-state index contributed by atoms with van der Waals surface area (Å²) >= 11 is 0. The highest BCUT2D eigenvalue weighted by atomic mass is 19.2. The predicted molar refractivity (Wildman–Crippen MR) is 69.0 cm³/mol. The Morgan fingerprint density at radius 3 is 2.85 bits per heavy atom. The normalized spacial score (nSPS) is 22.3. The minimum Gasteiger partial charge on any atom is -0.468 e. The van der Waals surface area contributed by atoms with Crippen molar-refractivity contribution in [1.29, 1.82) is 0 Å². The fourth-order valence-corrected chi connectivity index (χ4v) is 2.46. The van der Waals surface area contributed by atoms with E-state index in [0.717, 1.165) is 18.2 Å². The second-order valence-electron chi connectivity index (χ2n) is 4.82. The SMILES string of the molecule is Fc1ccc([C@@H]2OCC[C@H]2NCc2ccco2)cc1F. The molecule has 1 N–H and O–H groups in total. The minimum atomic E-state index is -0.845. The lowest BCUT2D eigenvalue weighted by atomic mass is 10.0. The summed E-state index contributed by atoms with van der Waals surface area (Å²) < 4.78 is 37.2. The summed E-state index contributed by atoms with van der Waals surface area (Å²) in [7, 11) is 0. The lowest BCUT2D eigenvalue weighted by Gasteiger charge is -2.20. The summed E-state index contributed by atoms with van der Waals surface area (Å²) in [4.78, 5) is 0. The van der Waals surface area contributed by atoms with Crippen molar-refractivity contribution < 1.29 is 17.9 Å². The maximum Gasteiger partial charge on any atom is 0.159 e. The van der Waals surface area contributed by atoms with Crippen LogP contribution in [-0.2, 0) is 11.3 Å². The predicted octanol–water partition coefficient (Wildman–Crippen LogP) is 3.18. The molecular formula is C15H15F2NO2. The van der Waals surface area contributed by atoms with Gasteiger partial charge in [-0.3, -0.25) is 0 Å². The first-order chi connectivity index (χ1) is 9.74. The largest absolute Gasteiger partial charge is 0.468 e. The third-order valence-electron chi connectivity index (χ3n) is 3.48. The van der Waals surface area contributed by atoms with E-state index in [1.54, 1.807) is 12.3 Å². The second kappa shape index (κ2) is 5.73. The molecule has 2 aromatic rings. The van der Waals surface area contributed by atoms with Gasteiger partial charge in [-0.15, -0.1) is 0 Å². The van der Waals surface area contributed by atoms with Gasteiger partial charge in [0.15, 0.2) is 11.6 Å². The van der Waals surface area contributed by atoms with Crippen LogP contribution in [0.15, 0.2) is 41.0 Å². The summed E-state index contributed by atoms with van der Waals surface area (Å²) in [5.74, 6) is -0.851. The van der Waals surface area contributed by atoms with Crippen molar-refractivity contribution in [2.45, 2.75) is 25.1 Å². The Morgan fingerprint density at radius 2 is 2.10 bits per heavy atom. The van der Waals surface area contributed by atoms with Gasteiger partial charge in [0.2, 0.25) is 0 Å². The third kappa shape index (κ3) is 2.73. The van der Waals surface area contributed by atoms with Crippen molar-refractivity contribution >= 4 is 0 Å². The monoisotopic (exact) mass is 279 g/mol. The van der Waals surface area contributed by atoms with Crippen LogP contribution in [0, 0.1) is 11.6 Å². The van der Waals surface area contributed by atoms with E-state index in [1.165, 1.54) is 6.07 Å². The van der Waals surface area contributed by atoms with Crippen molar-refractivity contribution in [2.75, 3.05) is 6.61 Å². The molecule has 0 radical (unpaired) electrons. The van der Waals surface area contributed by atoms with Gasteiger partial charge in [0, 0.05) is 12.6 Å². The molecular weight excluding hydrogens is 264 g/mol.